The van der Waals surface area contributed by atoms with Gasteiger partial charge in [-0.25, -0.2) is 8.42 Å². The number of sulfone groups is 1. The Labute approximate surface area is 115 Å². The first-order chi connectivity index (χ1) is 7.99. The van der Waals surface area contributed by atoms with Crippen LogP contribution in [0.25, 0.3) is 0 Å². The zero-order valence-corrected chi connectivity index (χ0v) is 12.5. The van der Waals surface area contributed by atoms with Crippen molar-refractivity contribution in [3.63, 3.8) is 0 Å². The van der Waals surface area contributed by atoms with Gasteiger partial charge in [-0.15, -0.1) is 22.7 Å². The summed E-state index contributed by atoms with van der Waals surface area (Å²) in [6.45, 7) is 0. The highest BCUT2D eigenvalue weighted by Crippen LogP contribution is 2.24. The van der Waals surface area contributed by atoms with Crippen LogP contribution in [0.5, 0.6) is 0 Å². The average molecular weight is 351 g/mol. The summed E-state index contributed by atoms with van der Waals surface area (Å²) in [5, 5.41) is 1.68. The maximum Gasteiger partial charge on any atom is 0.195 e. The van der Waals surface area contributed by atoms with Gasteiger partial charge in [0.1, 0.15) is 9.96 Å². The van der Waals surface area contributed by atoms with E-state index in [1.54, 1.807) is 23.6 Å². The van der Waals surface area contributed by atoms with Crippen molar-refractivity contribution in [2.24, 2.45) is 0 Å². The normalized spacial score (nSPS) is 11.6. The van der Waals surface area contributed by atoms with Gasteiger partial charge in [-0.2, -0.15) is 0 Å². The molecule has 0 aliphatic heterocycles. The largest absolute Gasteiger partial charge is 0.292 e. The zero-order valence-electron chi connectivity index (χ0n) is 8.42. The second-order valence-corrected chi connectivity index (χ2v) is 8.85. The molecule has 0 radical (unpaired) electrons. The number of rotatable bonds is 4. The van der Waals surface area contributed by atoms with E-state index in [1.807, 2.05) is 0 Å². The van der Waals surface area contributed by atoms with E-state index in [-0.39, 0.29) is 9.99 Å². The van der Waals surface area contributed by atoms with Crippen molar-refractivity contribution in [3.05, 3.63) is 38.3 Å². The molecule has 0 unspecified atom stereocenters. The van der Waals surface area contributed by atoms with E-state index in [9.17, 15) is 13.2 Å². The molecule has 0 saturated carbocycles. The molecule has 0 saturated heterocycles. The van der Waals surface area contributed by atoms with Crippen molar-refractivity contribution < 1.29 is 13.2 Å². The summed E-state index contributed by atoms with van der Waals surface area (Å²) in [4.78, 5) is 12.2. The van der Waals surface area contributed by atoms with Gasteiger partial charge in [0.2, 0.25) is 0 Å². The second-order valence-electron chi connectivity index (χ2n) is 3.22. The van der Waals surface area contributed by atoms with Crippen LogP contribution in [0.4, 0.5) is 0 Å². The first-order valence-electron chi connectivity index (χ1n) is 4.54. The molecule has 0 spiro atoms. The fourth-order valence-corrected chi connectivity index (χ4v) is 4.94. The van der Waals surface area contributed by atoms with Crippen LogP contribution in [0.3, 0.4) is 0 Å². The van der Waals surface area contributed by atoms with Crippen molar-refractivity contribution >= 4 is 54.2 Å². The van der Waals surface area contributed by atoms with Crippen LogP contribution in [-0.4, -0.2) is 20.0 Å². The molecule has 2 aromatic heterocycles. The van der Waals surface area contributed by atoms with Crippen LogP contribution in [0.15, 0.2) is 37.6 Å². The lowest BCUT2D eigenvalue weighted by molar-refractivity contribution is 0.102. The monoisotopic (exact) mass is 350 g/mol. The van der Waals surface area contributed by atoms with Crippen LogP contribution in [0.1, 0.15) is 9.67 Å². The van der Waals surface area contributed by atoms with Gasteiger partial charge in [-0.3, -0.25) is 4.79 Å². The average Bonchev–Trinajstić information content (AvgIpc) is 2.86. The molecule has 0 fully saturated rings. The molecule has 17 heavy (non-hydrogen) atoms. The van der Waals surface area contributed by atoms with E-state index in [1.165, 1.54) is 17.4 Å². The summed E-state index contributed by atoms with van der Waals surface area (Å²) in [5.74, 6) is -0.838. The van der Waals surface area contributed by atoms with E-state index in [0.29, 0.717) is 4.88 Å². The van der Waals surface area contributed by atoms with E-state index < -0.39 is 15.6 Å². The van der Waals surface area contributed by atoms with Gasteiger partial charge in [-0.1, -0.05) is 6.07 Å². The Kier molecular flexibility index (Phi) is 3.82. The molecule has 0 aliphatic rings. The number of carbonyl (C=O) groups excluding carboxylic acids is 1. The first kappa shape index (κ1) is 12.9. The Morgan fingerprint density at radius 3 is 2.59 bits per heavy atom. The minimum atomic E-state index is -3.49. The fraction of sp³-hybridized carbons (Fsp3) is 0.100. The van der Waals surface area contributed by atoms with Crippen LogP contribution in [0.2, 0.25) is 0 Å². The molecule has 3 nitrogen and oxygen atoms in total. The number of hydrogen-bond donors (Lipinski definition) is 0. The highest BCUT2D eigenvalue weighted by molar-refractivity contribution is 9.11. The van der Waals surface area contributed by atoms with Crippen LogP contribution < -0.4 is 0 Å². The molecule has 0 bridgehead atoms. The standard InChI is InChI=1S/C10H7BrO3S3/c11-9-4-3-8(16-9)7(12)6-17(13,14)10-2-1-5-15-10/h1-5H,6H2. The Hall–Kier alpha value is -0.500. The molecular formula is C10H7BrO3S3. The molecule has 2 aromatic rings. The minimum Gasteiger partial charge on any atom is -0.292 e. The summed E-state index contributed by atoms with van der Waals surface area (Å²) in [6, 6.07) is 6.53. The van der Waals surface area contributed by atoms with Gasteiger partial charge in [0.05, 0.1) is 8.66 Å². The van der Waals surface area contributed by atoms with E-state index >= 15 is 0 Å². The maximum atomic E-state index is 11.9. The third-order valence-electron chi connectivity index (χ3n) is 1.97. The number of ketones is 1. The third kappa shape index (κ3) is 3.04. The smallest absolute Gasteiger partial charge is 0.195 e. The summed E-state index contributed by atoms with van der Waals surface area (Å²) >= 11 is 5.60. The summed E-state index contributed by atoms with van der Waals surface area (Å²) in [7, 11) is -3.49. The van der Waals surface area contributed by atoms with Gasteiger partial charge in [0, 0.05) is 0 Å². The lowest BCUT2D eigenvalue weighted by atomic mass is 10.4. The molecule has 0 aromatic carbocycles. The van der Waals surface area contributed by atoms with Gasteiger partial charge < -0.3 is 0 Å². The highest BCUT2D eigenvalue weighted by Gasteiger charge is 2.22. The van der Waals surface area contributed by atoms with E-state index in [4.69, 9.17) is 0 Å². The van der Waals surface area contributed by atoms with Gasteiger partial charge in [0.15, 0.2) is 15.6 Å². The Morgan fingerprint density at radius 1 is 1.29 bits per heavy atom. The first-order valence-corrected chi connectivity index (χ1v) is 8.68. The Bertz CT molecular complexity index is 626. The predicted octanol–water partition coefficient (Wildman–Crippen LogP) is 3.23. The van der Waals surface area contributed by atoms with Gasteiger partial charge in [-0.05, 0) is 39.5 Å². The third-order valence-corrected chi connectivity index (χ3v) is 6.74. The molecule has 0 aliphatic carbocycles. The fourth-order valence-electron chi connectivity index (χ4n) is 1.22. The van der Waals surface area contributed by atoms with Crippen molar-refractivity contribution in [3.8, 4) is 0 Å². The number of hydrogen-bond acceptors (Lipinski definition) is 5. The molecule has 0 N–H and O–H groups in total. The number of halogens is 1. The quantitative estimate of drug-likeness (QED) is 0.795. The molecule has 2 rings (SSSR count). The Morgan fingerprint density at radius 2 is 2.06 bits per heavy atom. The second kappa shape index (κ2) is 5.01. The minimum absolute atomic E-state index is 0.237. The van der Waals surface area contributed by atoms with E-state index in [2.05, 4.69) is 15.9 Å². The van der Waals surface area contributed by atoms with E-state index in [0.717, 1.165) is 15.1 Å². The number of thiophene rings is 2. The van der Waals surface area contributed by atoms with Crippen molar-refractivity contribution in [2.75, 3.05) is 5.75 Å². The molecule has 90 valence electrons. The highest BCUT2D eigenvalue weighted by atomic mass is 79.9. The van der Waals surface area contributed by atoms with Gasteiger partial charge in [0.25, 0.3) is 0 Å². The summed E-state index contributed by atoms with van der Waals surface area (Å²) in [6.07, 6.45) is 0. The molecular weight excluding hydrogens is 344 g/mol. The number of carbonyl (C=O) groups is 1. The molecule has 7 heteroatoms. The van der Waals surface area contributed by atoms with Crippen molar-refractivity contribution in [1.82, 2.24) is 0 Å². The lowest BCUT2D eigenvalue weighted by Gasteiger charge is -1.99. The van der Waals surface area contributed by atoms with Crippen molar-refractivity contribution in [2.45, 2.75) is 4.21 Å². The summed E-state index contributed by atoms with van der Waals surface area (Å²) in [5.41, 5.74) is 0. The van der Waals surface area contributed by atoms with Gasteiger partial charge >= 0.3 is 0 Å². The van der Waals surface area contributed by atoms with Crippen LogP contribution >= 0.6 is 38.6 Å². The molecule has 2 heterocycles. The summed E-state index contributed by atoms with van der Waals surface area (Å²) < 4.78 is 24.8. The van der Waals surface area contributed by atoms with Crippen LogP contribution in [0, 0.1) is 0 Å². The lowest BCUT2D eigenvalue weighted by Crippen LogP contribution is -2.14. The number of Topliss-reactive ketones (excluding diaryl/α,β-unsaturated/α-hetero) is 1. The molecule has 0 amide bonds. The zero-order chi connectivity index (χ0) is 12.5. The SMILES string of the molecule is O=C(CS(=O)(=O)c1cccs1)c1ccc(Br)s1. The predicted molar refractivity (Wildman–Crippen MR) is 72.7 cm³/mol. The van der Waals surface area contributed by atoms with Crippen molar-refractivity contribution in [1.29, 1.82) is 0 Å². The molecule has 0 atom stereocenters. The van der Waals surface area contributed by atoms with Crippen LogP contribution in [-0.2, 0) is 9.84 Å². The Balaban J connectivity index is 2.20. The maximum absolute atomic E-state index is 11.9. The topological polar surface area (TPSA) is 51.2 Å².